The fourth-order valence-electron chi connectivity index (χ4n) is 2.00. The molecule has 1 fully saturated rings. The number of thioether (sulfide) groups is 1. The topological polar surface area (TPSA) is 32.3 Å². The van der Waals surface area contributed by atoms with E-state index in [0.29, 0.717) is 6.54 Å². The van der Waals surface area contributed by atoms with Crippen molar-refractivity contribution < 1.29 is 9.18 Å². The van der Waals surface area contributed by atoms with E-state index in [-0.39, 0.29) is 17.8 Å². The van der Waals surface area contributed by atoms with E-state index < -0.39 is 0 Å². The molecule has 0 saturated carbocycles. The first-order valence-electron chi connectivity index (χ1n) is 6.10. The zero-order valence-electron chi connectivity index (χ0n) is 10.4. The summed E-state index contributed by atoms with van der Waals surface area (Å²) in [4.78, 5) is 14.1. The van der Waals surface area contributed by atoms with Crippen LogP contribution < -0.4 is 10.2 Å². The SMILES string of the molecule is CCN(C(=O)C1CSCCN1)c1ccc(F)cc1. The summed E-state index contributed by atoms with van der Waals surface area (Å²) in [6, 6.07) is 5.93. The van der Waals surface area contributed by atoms with Crippen molar-refractivity contribution in [2.24, 2.45) is 0 Å². The molecule has 0 radical (unpaired) electrons. The van der Waals surface area contributed by atoms with E-state index in [0.717, 1.165) is 23.7 Å². The summed E-state index contributed by atoms with van der Waals surface area (Å²) in [5.41, 5.74) is 0.751. The summed E-state index contributed by atoms with van der Waals surface area (Å²) in [6.45, 7) is 3.38. The maximum atomic E-state index is 12.9. The van der Waals surface area contributed by atoms with Gasteiger partial charge in [-0.05, 0) is 31.2 Å². The van der Waals surface area contributed by atoms with Crippen molar-refractivity contribution >= 4 is 23.4 Å². The van der Waals surface area contributed by atoms with Gasteiger partial charge in [-0.1, -0.05) is 0 Å². The van der Waals surface area contributed by atoms with Crippen LogP contribution >= 0.6 is 11.8 Å². The zero-order valence-corrected chi connectivity index (χ0v) is 11.2. The van der Waals surface area contributed by atoms with E-state index in [2.05, 4.69) is 5.32 Å². The summed E-state index contributed by atoms with van der Waals surface area (Å²) in [5, 5.41) is 3.23. The van der Waals surface area contributed by atoms with Crippen molar-refractivity contribution in [1.82, 2.24) is 5.32 Å². The minimum absolute atomic E-state index is 0.0660. The Morgan fingerprint density at radius 1 is 1.50 bits per heavy atom. The van der Waals surface area contributed by atoms with Crippen molar-refractivity contribution in [3.63, 3.8) is 0 Å². The van der Waals surface area contributed by atoms with Crippen molar-refractivity contribution in [2.45, 2.75) is 13.0 Å². The van der Waals surface area contributed by atoms with Gasteiger partial charge in [-0.2, -0.15) is 11.8 Å². The third-order valence-electron chi connectivity index (χ3n) is 2.94. The number of halogens is 1. The summed E-state index contributed by atoms with van der Waals surface area (Å²) in [6.07, 6.45) is 0. The van der Waals surface area contributed by atoms with Gasteiger partial charge in [0.25, 0.3) is 0 Å². The summed E-state index contributed by atoms with van der Waals surface area (Å²) in [5.74, 6) is 1.63. The Morgan fingerprint density at radius 2 is 2.22 bits per heavy atom. The summed E-state index contributed by atoms with van der Waals surface area (Å²) in [7, 11) is 0. The lowest BCUT2D eigenvalue weighted by atomic mass is 10.2. The number of nitrogens with zero attached hydrogens (tertiary/aromatic N) is 1. The number of hydrogen-bond donors (Lipinski definition) is 1. The van der Waals surface area contributed by atoms with Crippen LogP contribution in [0.2, 0.25) is 0 Å². The highest BCUT2D eigenvalue weighted by atomic mass is 32.2. The highest BCUT2D eigenvalue weighted by Crippen LogP contribution is 2.18. The van der Waals surface area contributed by atoms with Crippen molar-refractivity contribution in [2.75, 3.05) is 29.5 Å². The van der Waals surface area contributed by atoms with Gasteiger partial charge in [0, 0.05) is 30.3 Å². The molecule has 1 unspecified atom stereocenters. The molecule has 0 spiro atoms. The van der Waals surface area contributed by atoms with Gasteiger partial charge in [0.15, 0.2) is 0 Å². The van der Waals surface area contributed by atoms with Gasteiger partial charge in [0.2, 0.25) is 5.91 Å². The molecule has 1 amide bonds. The number of nitrogens with one attached hydrogen (secondary N) is 1. The summed E-state index contributed by atoms with van der Waals surface area (Å²) >= 11 is 1.79. The zero-order chi connectivity index (χ0) is 13.0. The van der Waals surface area contributed by atoms with Gasteiger partial charge in [-0.3, -0.25) is 4.79 Å². The highest BCUT2D eigenvalue weighted by Gasteiger charge is 2.25. The third kappa shape index (κ3) is 3.03. The number of carbonyl (C=O) groups excluding carboxylic acids is 1. The van der Waals surface area contributed by atoms with Crippen LogP contribution in [-0.4, -0.2) is 36.5 Å². The van der Waals surface area contributed by atoms with Crippen LogP contribution in [0.4, 0.5) is 10.1 Å². The minimum atomic E-state index is -0.284. The molecule has 0 aromatic heterocycles. The molecule has 1 saturated heterocycles. The predicted molar refractivity (Wildman–Crippen MR) is 73.5 cm³/mol. The van der Waals surface area contributed by atoms with Gasteiger partial charge in [0.05, 0.1) is 6.04 Å². The van der Waals surface area contributed by atoms with Crippen LogP contribution in [0.5, 0.6) is 0 Å². The van der Waals surface area contributed by atoms with Gasteiger partial charge in [-0.25, -0.2) is 4.39 Å². The van der Waals surface area contributed by atoms with E-state index >= 15 is 0 Å². The Morgan fingerprint density at radius 3 is 2.78 bits per heavy atom. The molecule has 0 bridgehead atoms. The van der Waals surface area contributed by atoms with Gasteiger partial charge >= 0.3 is 0 Å². The number of rotatable bonds is 3. The monoisotopic (exact) mass is 268 g/mol. The second kappa shape index (κ2) is 6.20. The van der Waals surface area contributed by atoms with E-state index in [1.54, 1.807) is 28.8 Å². The fraction of sp³-hybridized carbons (Fsp3) is 0.462. The lowest BCUT2D eigenvalue weighted by Gasteiger charge is -2.29. The fourth-order valence-corrected chi connectivity index (χ4v) is 2.92. The standard InChI is InChI=1S/C13H17FN2OS/c1-2-16(11-5-3-10(14)4-6-11)13(17)12-9-18-8-7-15-12/h3-6,12,15H,2,7-9H2,1H3. The second-order valence-corrected chi connectivity index (χ2v) is 5.29. The number of hydrogen-bond acceptors (Lipinski definition) is 3. The van der Waals surface area contributed by atoms with Crippen molar-refractivity contribution in [3.8, 4) is 0 Å². The van der Waals surface area contributed by atoms with Crippen LogP contribution in [0.3, 0.4) is 0 Å². The van der Waals surface area contributed by atoms with Gasteiger partial charge < -0.3 is 10.2 Å². The molecule has 1 aromatic carbocycles. The van der Waals surface area contributed by atoms with Crippen LogP contribution in [0, 0.1) is 5.82 Å². The first-order valence-corrected chi connectivity index (χ1v) is 7.26. The highest BCUT2D eigenvalue weighted by molar-refractivity contribution is 7.99. The average molecular weight is 268 g/mol. The van der Waals surface area contributed by atoms with E-state index in [9.17, 15) is 9.18 Å². The Labute approximate surface area is 111 Å². The molecule has 1 heterocycles. The molecule has 5 heteroatoms. The molecule has 1 aliphatic rings. The number of amides is 1. The average Bonchev–Trinajstić information content (AvgIpc) is 2.42. The molecule has 1 aliphatic heterocycles. The predicted octanol–water partition coefficient (Wildman–Crippen LogP) is 1.88. The Kier molecular flexibility index (Phi) is 4.60. The minimum Gasteiger partial charge on any atom is -0.311 e. The largest absolute Gasteiger partial charge is 0.311 e. The molecular weight excluding hydrogens is 251 g/mol. The first kappa shape index (κ1) is 13.4. The maximum Gasteiger partial charge on any atom is 0.244 e. The van der Waals surface area contributed by atoms with Crippen molar-refractivity contribution in [1.29, 1.82) is 0 Å². The molecule has 1 atom stereocenters. The van der Waals surface area contributed by atoms with Crippen LogP contribution in [-0.2, 0) is 4.79 Å². The van der Waals surface area contributed by atoms with Gasteiger partial charge in [0.1, 0.15) is 5.82 Å². The molecule has 98 valence electrons. The van der Waals surface area contributed by atoms with Crippen molar-refractivity contribution in [3.05, 3.63) is 30.1 Å². The second-order valence-electron chi connectivity index (χ2n) is 4.14. The van der Waals surface area contributed by atoms with E-state index in [4.69, 9.17) is 0 Å². The van der Waals surface area contributed by atoms with Crippen LogP contribution in [0.15, 0.2) is 24.3 Å². The lowest BCUT2D eigenvalue weighted by molar-refractivity contribution is -0.120. The molecule has 1 N–H and O–H groups in total. The molecule has 18 heavy (non-hydrogen) atoms. The number of carbonyl (C=O) groups is 1. The maximum absolute atomic E-state index is 12.9. The number of likely N-dealkylation sites (N-methyl/N-ethyl adjacent to an activating group) is 1. The number of benzene rings is 1. The quantitative estimate of drug-likeness (QED) is 0.908. The smallest absolute Gasteiger partial charge is 0.244 e. The van der Waals surface area contributed by atoms with Crippen LogP contribution in [0.1, 0.15) is 6.92 Å². The number of anilines is 1. The van der Waals surface area contributed by atoms with E-state index in [1.807, 2.05) is 6.92 Å². The normalized spacial score (nSPS) is 19.6. The van der Waals surface area contributed by atoms with Crippen LogP contribution in [0.25, 0.3) is 0 Å². The Bertz CT molecular complexity index is 404. The van der Waals surface area contributed by atoms with Gasteiger partial charge in [-0.15, -0.1) is 0 Å². The molecule has 0 aliphatic carbocycles. The molecule has 2 rings (SSSR count). The third-order valence-corrected chi connectivity index (χ3v) is 4.00. The molecule has 1 aromatic rings. The Hall–Kier alpha value is -1.07. The Balaban J connectivity index is 2.12. The lowest BCUT2D eigenvalue weighted by Crippen LogP contribution is -2.50. The van der Waals surface area contributed by atoms with E-state index in [1.165, 1.54) is 12.1 Å². The molecular formula is C13H17FN2OS. The first-order chi connectivity index (χ1) is 8.72. The summed E-state index contributed by atoms with van der Waals surface area (Å²) < 4.78 is 12.9. The molecule has 3 nitrogen and oxygen atoms in total.